The molecule has 1 fully saturated rings. The molecule has 0 unspecified atom stereocenters. The smallest absolute Gasteiger partial charge is 0.268 e. The minimum absolute atomic E-state index is 0.00580. The number of para-hydroxylation sites is 2. The van der Waals surface area contributed by atoms with Gasteiger partial charge in [-0.2, -0.15) is 5.26 Å². The third-order valence-corrected chi connectivity index (χ3v) is 6.45. The molecule has 1 saturated heterocycles. The lowest BCUT2D eigenvalue weighted by Crippen LogP contribution is -2.17. The molecule has 4 rings (SSSR count). The van der Waals surface area contributed by atoms with Gasteiger partial charge in [0, 0.05) is 24.5 Å². The molecule has 170 valence electrons. The lowest BCUT2D eigenvalue weighted by atomic mass is 10.1. The molecule has 9 heteroatoms. The molecule has 0 saturated carbocycles. The number of nitriles is 1. The maximum absolute atomic E-state index is 12.8. The van der Waals surface area contributed by atoms with Gasteiger partial charge in [-0.3, -0.25) is 10.1 Å². The van der Waals surface area contributed by atoms with Crippen LogP contribution in [0.25, 0.3) is 11.8 Å². The van der Waals surface area contributed by atoms with E-state index in [1.165, 1.54) is 11.3 Å². The van der Waals surface area contributed by atoms with Gasteiger partial charge >= 0.3 is 0 Å². The van der Waals surface area contributed by atoms with Gasteiger partial charge in [0.25, 0.3) is 5.91 Å². The van der Waals surface area contributed by atoms with Crippen molar-refractivity contribution in [1.82, 2.24) is 14.8 Å². The molecule has 0 spiro atoms. The number of rotatable bonds is 7. The van der Waals surface area contributed by atoms with E-state index in [1.807, 2.05) is 57.2 Å². The fourth-order valence-electron chi connectivity index (χ4n) is 3.99. The number of nitrogens with one attached hydrogen (secondary N) is 1. The summed E-state index contributed by atoms with van der Waals surface area (Å²) in [6.45, 7) is 8.36. The number of aryl methyl sites for hydroxylation is 1. The van der Waals surface area contributed by atoms with Crippen LogP contribution in [-0.4, -0.2) is 40.4 Å². The van der Waals surface area contributed by atoms with Gasteiger partial charge in [0.05, 0.1) is 12.3 Å². The minimum atomic E-state index is -0.499. The highest BCUT2D eigenvalue weighted by atomic mass is 32.1. The molecule has 0 bridgehead atoms. The average molecular weight is 463 g/mol. The Bertz CT molecular complexity index is 1230. The quantitative estimate of drug-likeness (QED) is 0.411. The minimum Gasteiger partial charge on any atom is -0.492 e. The zero-order chi connectivity index (χ0) is 23.4. The first-order valence-corrected chi connectivity index (χ1v) is 11.8. The second-order valence-corrected chi connectivity index (χ2v) is 8.73. The van der Waals surface area contributed by atoms with Crippen LogP contribution in [0.2, 0.25) is 0 Å². The van der Waals surface area contributed by atoms with Crippen LogP contribution < -0.4 is 15.0 Å². The van der Waals surface area contributed by atoms with Crippen molar-refractivity contribution in [1.29, 1.82) is 5.26 Å². The number of ether oxygens (including phenoxy) is 1. The standard InChI is InChI=1S/C24H26N6O2S/c1-4-32-21-10-6-5-9-20(21)30-16(2)13-18(17(30)3)14-19(15-25)22(31)26-23-27-28-24(33-23)29-11-7-8-12-29/h5-6,9-10,13-14H,4,7-8,11-12H2,1-3H3,(H,26,27,31)/b19-14-. The maximum Gasteiger partial charge on any atom is 0.268 e. The van der Waals surface area contributed by atoms with Crippen molar-refractivity contribution in [2.75, 3.05) is 29.9 Å². The Balaban J connectivity index is 1.58. The molecule has 1 N–H and O–H groups in total. The number of anilines is 2. The molecular weight excluding hydrogens is 436 g/mol. The van der Waals surface area contributed by atoms with Crippen LogP contribution in [0.1, 0.15) is 36.7 Å². The largest absolute Gasteiger partial charge is 0.492 e. The van der Waals surface area contributed by atoms with Crippen LogP contribution in [0.5, 0.6) is 5.75 Å². The summed E-state index contributed by atoms with van der Waals surface area (Å²) in [6.07, 6.45) is 3.88. The molecular formula is C24H26N6O2S. The van der Waals surface area contributed by atoms with Crippen LogP contribution in [-0.2, 0) is 4.79 Å². The fourth-order valence-corrected chi connectivity index (χ4v) is 4.79. The maximum atomic E-state index is 12.8. The summed E-state index contributed by atoms with van der Waals surface area (Å²) < 4.78 is 7.85. The highest BCUT2D eigenvalue weighted by Gasteiger charge is 2.19. The summed E-state index contributed by atoms with van der Waals surface area (Å²) in [5, 5.41) is 21.8. The van der Waals surface area contributed by atoms with Gasteiger partial charge in [-0.15, -0.1) is 10.2 Å². The lowest BCUT2D eigenvalue weighted by molar-refractivity contribution is -0.112. The van der Waals surface area contributed by atoms with Gasteiger partial charge in [-0.25, -0.2) is 0 Å². The van der Waals surface area contributed by atoms with E-state index in [1.54, 1.807) is 6.08 Å². The summed E-state index contributed by atoms with van der Waals surface area (Å²) in [4.78, 5) is 14.9. The first kappa shape index (κ1) is 22.6. The van der Waals surface area contributed by atoms with Crippen LogP contribution >= 0.6 is 11.3 Å². The van der Waals surface area contributed by atoms with E-state index in [2.05, 4.69) is 25.0 Å². The first-order chi connectivity index (χ1) is 16.0. The van der Waals surface area contributed by atoms with Crippen LogP contribution in [0.15, 0.2) is 35.9 Å². The van der Waals surface area contributed by atoms with Crippen molar-refractivity contribution < 1.29 is 9.53 Å². The number of aromatic nitrogens is 3. The average Bonchev–Trinajstić information content (AvgIpc) is 3.54. The molecule has 2 aromatic heterocycles. The fraction of sp³-hybridized carbons (Fsp3) is 0.333. The van der Waals surface area contributed by atoms with Crippen molar-refractivity contribution in [3.8, 4) is 17.5 Å². The molecule has 3 heterocycles. The Morgan fingerprint density at radius 1 is 1.27 bits per heavy atom. The molecule has 1 aliphatic heterocycles. The highest BCUT2D eigenvalue weighted by molar-refractivity contribution is 7.19. The molecule has 0 radical (unpaired) electrons. The Morgan fingerprint density at radius 3 is 2.76 bits per heavy atom. The summed E-state index contributed by atoms with van der Waals surface area (Å²) >= 11 is 1.32. The van der Waals surface area contributed by atoms with Gasteiger partial charge in [-0.05, 0) is 63.5 Å². The zero-order valence-corrected chi connectivity index (χ0v) is 19.8. The highest BCUT2D eigenvalue weighted by Crippen LogP contribution is 2.30. The summed E-state index contributed by atoms with van der Waals surface area (Å²) in [5.74, 6) is 0.279. The van der Waals surface area contributed by atoms with Crippen molar-refractivity contribution in [2.45, 2.75) is 33.6 Å². The van der Waals surface area contributed by atoms with E-state index in [0.29, 0.717) is 11.7 Å². The van der Waals surface area contributed by atoms with E-state index >= 15 is 0 Å². The SMILES string of the molecule is CCOc1ccccc1-n1c(C)cc(/C=C(/C#N)C(=O)Nc2nnc(N3CCCC3)s2)c1C. The third kappa shape index (κ3) is 4.76. The molecule has 33 heavy (non-hydrogen) atoms. The van der Waals surface area contributed by atoms with E-state index in [-0.39, 0.29) is 5.57 Å². The number of carbonyl (C=O) groups excluding carboxylic acids is 1. The lowest BCUT2D eigenvalue weighted by Gasteiger charge is -2.14. The number of nitrogens with zero attached hydrogens (tertiary/aromatic N) is 5. The molecule has 3 aromatic rings. The number of benzene rings is 1. The Kier molecular flexibility index (Phi) is 6.75. The topological polar surface area (TPSA) is 96.1 Å². The number of carbonyl (C=O) groups is 1. The monoisotopic (exact) mass is 462 g/mol. The summed E-state index contributed by atoms with van der Waals surface area (Å²) in [5.41, 5.74) is 3.60. The van der Waals surface area contributed by atoms with Gasteiger partial charge in [0.1, 0.15) is 17.4 Å². The summed E-state index contributed by atoms with van der Waals surface area (Å²) in [6, 6.07) is 11.8. The van der Waals surface area contributed by atoms with Gasteiger partial charge in [0.2, 0.25) is 10.3 Å². The van der Waals surface area contributed by atoms with Gasteiger partial charge < -0.3 is 14.2 Å². The van der Waals surface area contributed by atoms with Crippen molar-refractivity contribution >= 4 is 33.6 Å². The Morgan fingerprint density at radius 2 is 2.03 bits per heavy atom. The molecule has 1 aromatic carbocycles. The zero-order valence-electron chi connectivity index (χ0n) is 19.0. The van der Waals surface area contributed by atoms with E-state index in [9.17, 15) is 10.1 Å². The summed E-state index contributed by atoms with van der Waals surface area (Å²) in [7, 11) is 0. The second-order valence-electron chi connectivity index (χ2n) is 7.77. The Hall–Kier alpha value is -3.64. The number of hydrogen-bond acceptors (Lipinski definition) is 7. The van der Waals surface area contributed by atoms with E-state index < -0.39 is 5.91 Å². The van der Waals surface area contributed by atoms with Crippen LogP contribution in [0.4, 0.5) is 10.3 Å². The van der Waals surface area contributed by atoms with Crippen LogP contribution in [0.3, 0.4) is 0 Å². The number of hydrogen-bond donors (Lipinski definition) is 1. The van der Waals surface area contributed by atoms with Crippen molar-refractivity contribution in [3.05, 3.63) is 52.9 Å². The van der Waals surface area contributed by atoms with Crippen molar-refractivity contribution in [2.24, 2.45) is 0 Å². The molecule has 0 atom stereocenters. The number of amides is 1. The predicted octanol–water partition coefficient (Wildman–Crippen LogP) is 4.49. The van der Waals surface area contributed by atoms with Crippen LogP contribution in [0, 0.1) is 25.2 Å². The Labute approximate surface area is 197 Å². The van der Waals surface area contributed by atoms with E-state index in [0.717, 1.165) is 59.5 Å². The van der Waals surface area contributed by atoms with E-state index in [4.69, 9.17) is 4.74 Å². The predicted molar refractivity (Wildman–Crippen MR) is 130 cm³/mol. The first-order valence-electron chi connectivity index (χ1n) is 10.9. The van der Waals surface area contributed by atoms with Gasteiger partial charge in [-0.1, -0.05) is 23.5 Å². The third-order valence-electron chi connectivity index (χ3n) is 5.55. The molecule has 1 aliphatic rings. The second kappa shape index (κ2) is 9.88. The van der Waals surface area contributed by atoms with Gasteiger partial charge in [0.15, 0.2) is 0 Å². The normalized spacial score (nSPS) is 13.8. The molecule has 8 nitrogen and oxygen atoms in total. The molecule has 0 aliphatic carbocycles. The molecule has 1 amide bonds. The van der Waals surface area contributed by atoms with Crippen molar-refractivity contribution in [3.63, 3.8) is 0 Å².